The van der Waals surface area contributed by atoms with Crippen LogP contribution in [0, 0.1) is 17.7 Å². The summed E-state index contributed by atoms with van der Waals surface area (Å²) in [4.78, 5) is 26.2. The molecule has 2 unspecified atom stereocenters. The van der Waals surface area contributed by atoms with Gasteiger partial charge in [-0.1, -0.05) is 13.0 Å². The molecule has 1 aromatic heterocycles. The Balaban J connectivity index is 1.69. The Morgan fingerprint density at radius 2 is 2.07 bits per heavy atom. The Bertz CT molecular complexity index is 908. The van der Waals surface area contributed by atoms with Crippen LogP contribution in [0.4, 0.5) is 4.39 Å². The molecule has 1 aliphatic carbocycles. The number of carboxylic acids is 1. The molecule has 0 bridgehead atoms. The third-order valence-corrected chi connectivity index (χ3v) is 5.48. The van der Waals surface area contributed by atoms with Crippen LogP contribution in [0.1, 0.15) is 41.5 Å². The molecular formula is C20H22FN3O3. The summed E-state index contributed by atoms with van der Waals surface area (Å²) in [6.45, 7) is 2.70. The molecule has 2 heterocycles. The van der Waals surface area contributed by atoms with Gasteiger partial charge in [-0.2, -0.15) is 5.10 Å². The average Bonchev–Trinajstić information content (AvgIpc) is 3.23. The van der Waals surface area contributed by atoms with Gasteiger partial charge in [0.25, 0.3) is 5.91 Å². The highest BCUT2D eigenvalue weighted by Crippen LogP contribution is 2.30. The summed E-state index contributed by atoms with van der Waals surface area (Å²) in [5.41, 5.74) is 2.84. The molecule has 142 valence electrons. The first kappa shape index (κ1) is 17.7. The van der Waals surface area contributed by atoms with Crippen LogP contribution in [-0.2, 0) is 17.6 Å². The Morgan fingerprint density at radius 1 is 1.26 bits per heavy atom. The Kier molecular flexibility index (Phi) is 4.45. The minimum absolute atomic E-state index is 0.127. The molecule has 4 rings (SSSR count). The molecule has 1 saturated heterocycles. The quantitative estimate of drug-likeness (QED) is 0.900. The van der Waals surface area contributed by atoms with E-state index in [1.165, 1.54) is 12.1 Å². The van der Waals surface area contributed by atoms with E-state index in [1.54, 1.807) is 21.7 Å². The molecule has 6 nitrogen and oxygen atoms in total. The zero-order valence-electron chi connectivity index (χ0n) is 15.2. The minimum atomic E-state index is -0.866. The Hall–Kier alpha value is -2.70. The van der Waals surface area contributed by atoms with Gasteiger partial charge in [0, 0.05) is 24.3 Å². The molecule has 0 spiro atoms. The van der Waals surface area contributed by atoms with E-state index in [9.17, 15) is 19.1 Å². The third kappa shape index (κ3) is 3.22. The number of halogens is 1. The molecule has 1 N–H and O–H groups in total. The van der Waals surface area contributed by atoms with Crippen molar-refractivity contribution < 1.29 is 19.1 Å². The summed E-state index contributed by atoms with van der Waals surface area (Å²) < 4.78 is 15.3. The van der Waals surface area contributed by atoms with Crippen LogP contribution in [0.25, 0.3) is 5.69 Å². The minimum Gasteiger partial charge on any atom is -0.481 e. The molecule has 1 amide bonds. The lowest BCUT2D eigenvalue weighted by Crippen LogP contribution is -2.45. The van der Waals surface area contributed by atoms with E-state index in [0.717, 1.165) is 30.5 Å². The molecular weight excluding hydrogens is 349 g/mol. The van der Waals surface area contributed by atoms with E-state index in [1.807, 2.05) is 6.92 Å². The van der Waals surface area contributed by atoms with Crippen LogP contribution >= 0.6 is 0 Å². The average molecular weight is 371 g/mol. The number of amides is 1. The van der Waals surface area contributed by atoms with Gasteiger partial charge < -0.3 is 10.0 Å². The second-order valence-electron chi connectivity index (χ2n) is 7.61. The number of rotatable bonds is 3. The van der Waals surface area contributed by atoms with Crippen molar-refractivity contribution >= 4 is 11.9 Å². The zero-order chi connectivity index (χ0) is 19.1. The summed E-state index contributed by atoms with van der Waals surface area (Å²) >= 11 is 0. The maximum Gasteiger partial charge on any atom is 0.308 e. The van der Waals surface area contributed by atoms with Crippen LogP contribution in [0.2, 0.25) is 0 Å². The first-order valence-electron chi connectivity index (χ1n) is 9.33. The molecule has 1 aromatic carbocycles. The number of nitrogens with zero attached hydrogens (tertiary/aromatic N) is 3. The van der Waals surface area contributed by atoms with Gasteiger partial charge in [0.15, 0.2) is 5.69 Å². The smallest absolute Gasteiger partial charge is 0.308 e. The molecule has 2 aliphatic rings. The number of fused-ring (bicyclic) bond motifs is 1. The number of carboxylic acid groups (broad SMARTS) is 1. The normalized spacial score (nSPS) is 21.9. The van der Waals surface area contributed by atoms with Crippen molar-refractivity contribution in [1.29, 1.82) is 0 Å². The number of likely N-dealkylation sites (tertiary alicyclic amines) is 1. The standard InChI is InChI=1S/C20H22FN3O3/c1-12-8-13(20(26)27)11-23(10-12)19(25)18-16-6-3-7-17(16)24(22-18)15-5-2-4-14(21)9-15/h2,4-5,9,12-13H,3,6-8,10-11H2,1H3,(H,26,27). The van der Waals surface area contributed by atoms with Crippen molar-refractivity contribution in [1.82, 2.24) is 14.7 Å². The highest BCUT2D eigenvalue weighted by molar-refractivity contribution is 5.94. The summed E-state index contributed by atoms with van der Waals surface area (Å²) in [5.74, 6) is -1.86. The van der Waals surface area contributed by atoms with Gasteiger partial charge in [0.2, 0.25) is 0 Å². The van der Waals surface area contributed by atoms with Crippen LogP contribution in [0.15, 0.2) is 24.3 Å². The highest BCUT2D eigenvalue weighted by atomic mass is 19.1. The molecule has 1 fully saturated rings. The van der Waals surface area contributed by atoms with Crippen LogP contribution in [0.5, 0.6) is 0 Å². The number of carbonyl (C=O) groups is 2. The van der Waals surface area contributed by atoms with Crippen molar-refractivity contribution in [3.63, 3.8) is 0 Å². The van der Waals surface area contributed by atoms with Gasteiger partial charge in [-0.15, -0.1) is 0 Å². The monoisotopic (exact) mass is 371 g/mol. The number of aromatic nitrogens is 2. The van der Waals surface area contributed by atoms with Crippen molar-refractivity contribution in [2.75, 3.05) is 13.1 Å². The predicted molar refractivity (Wildman–Crippen MR) is 96.4 cm³/mol. The summed E-state index contributed by atoms with van der Waals surface area (Å²) in [5, 5.41) is 13.9. The molecule has 27 heavy (non-hydrogen) atoms. The topological polar surface area (TPSA) is 75.4 Å². The van der Waals surface area contributed by atoms with Gasteiger partial charge in [0.1, 0.15) is 5.82 Å². The van der Waals surface area contributed by atoms with Crippen LogP contribution < -0.4 is 0 Å². The van der Waals surface area contributed by atoms with E-state index in [-0.39, 0.29) is 24.2 Å². The molecule has 7 heteroatoms. The van der Waals surface area contributed by atoms with Gasteiger partial charge in [-0.25, -0.2) is 9.07 Å². The summed E-state index contributed by atoms with van der Waals surface area (Å²) in [7, 11) is 0. The fraction of sp³-hybridized carbons (Fsp3) is 0.450. The SMILES string of the molecule is CC1CC(C(=O)O)CN(C(=O)c2nn(-c3cccc(F)c3)c3c2CCC3)C1. The van der Waals surface area contributed by atoms with E-state index in [4.69, 9.17) is 0 Å². The van der Waals surface area contributed by atoms with E-state index in [0.29, 0.717) is 24.3 Å². The fourth-order valence-electron chi connectivity index (χ4n) is 4.28. The highest BCUT2D eigenvalue weighted by Gasteiger charge is 2.35. The number of carbonyl (C=O) groups excluding carboxylic acids is 1. The van der Waals surface area contributed by atoms with Gasteiger partial charge in [0.05, 0.1) is 11.6 Å². The van der Waals surface area contributed by atoms with Crippen molar-refractivity contribution in [3.8, 4) is 5.69 Å². The number of hydrogen-bond donors (Lipinski definition) is 1. The molecule has 1 aliphatic heterocycles. The first-order chi connectivity index (χ1) is 12.9. The third-order valence-electron chi connectivity index (χ3n) is 5.48. The Labute approximate surface area is 156 Å². The van der Waals surface area contributed by atoms with Crippen molar-refractivity contribution in [2.45, 2.75) is 32.6 Å². The zero-order valence-corrected chi connectivity index (χ0v) is 15.2. The van der Waals surface area contributed by atoms with Gasteiger partial charge >= 0.3 is 5.97 Å². The maximum atomic E-state index is 13.7. The Morgan fingerprint density at radius 3 is 2.81 bits per heavy atom. The number of aliphatic carboxylic acids is 1. The molecule has 2 atom stereocenters. The van der Waals surface area contributed by atoms with E-state index < -0.39 is 11.9 Å². The van der Waals surface area contributed by atoms with Gasteiger partial charge in [-0.05, 0) is 49.8 Å². The number of benzene rings is 1. The first-order valence-corrected chi connectivity index (χ1v) is 9.33. The number of hydrogen-bond acceptors (Lipinski definition) is 3. The number of piperidine rings is 1. The lowest BCUT2D eigenvalue weighted by atomic mass is 9.90. The van der Waals surface area contributed by atoms with Gasteiger partial charge in [-0.3, -0.25) is 9.59 Å². The molecule has 2 aromatic rings. The van der Waals surface area contributed by atoms with Crippen molar-refractivity contribution in [3.05, 3.63) is 47.0 Å². The van der Waals surface area contributed by atoms with Crippen LogP contribution in [-0.4, -0.2) is 44.8 Å². The van der Waals surface area contributed by atoms with E-state index >= 15 is 0 Å². The lowest BCUT2D eigenvalue weighted by Gasteiger charge is -2.34. The summed E-state index contributed by atoms with van der Waals surface area (Å²) in [6.07, 6.45) is 3.06. The second-order valence-corrected chi connectivity index (χ2v) is 7.61. The molecule has 0 saturated carbocycles. The maximum absolute atomic E-state index is 13.7. The fourth-order valence-corrected chi connectivity index (χ4v) is 4.28. The van der Waals surface area contributed by atoms with Crippen LogP contribution in [0.3, 0.4) is 0 Å². The largest absolute Gasteiger partial charge is 0.481 e. The lowest BCUT2D eigenvalue weighted by molar-refractivity contribution is -0.143. The predicted octanol–water partition coefficient (Wildman–Crippen LogP) is 2.68. The summed E-state index contributed by atoms with van der Waals surface area (Å²) in [6, 6.07) is 6.18. The second kappa shape index (κ2) is 6.79. The van der Waals surface area contributed by atoms with E-state index in [2.05, 4.69) is 5.10 Å². The van der Waals surface area contributed by atoms with Crippen molar-refractivity contribution in [2.24, 2.45) is 11.8 Å². The molecule has 0 radical (unpaired) electrons.